The Bertz CT molecular complexity index is 194. The van der Waals surface area contributed by atoms with Crippen molar-refractivity contribution < 1.29 is 9.84 Å². The van der Waals surface area contributed by atoms with Crippen LogP contribution in [-0.4, -0.2) is 35.5 Å². The molecule has 2 unspecified atom stereocenters. The minimum Gasteiger partial charge on any atom is -0.389 e. The zero-order valence-corrected chi connectivity index (χ0v) is 11.1. The number of hydrogen-bond acceptors (Lipinski definition) is 3. The van der Waals surface area contributed by atoms with Gasteiger partial charge in [-0.05, 0) is 39.5 Å². The first-order valence-electron chi connectivity index (χ1n) is 6.60. The summed E-state index contributed by atoms with van der Waals surface area (Å²) in [5.74, 6) is 0. The zero-order chi connectivity index (χ0) is 12.2. The summed E-state index contributed by atoms with van der Waals surface area (Å²) in [5.41, 5.74) is -0.537. The van der Waals surface area contributed by atoms with Gasteiger partial charge in [0.05, 0.1) is 17.8 Å². The molecule has 96 valence electrons. The van der Waals surface area contributed by atoms with E-state index >= 15 is 0 Å². The van der Waals surface area contributed by atoms with Crippen LogP contribution in [0.3, 0.4) is 0 Å². The molecule has 0 radical (unpaired) electrons. The zero-order valence-electron chi connectivity index (χ0n) is 11.1. The first-order chi connectivity index (χ1) is 7.49. The fraction of sp³-hybridized carbons (Fsp3) is 1.00. The molecule has 0 aromatic heterocycles. The van der Waals surface area contributed by atoms with Gasteiger partial charge in [-0.1, -0.05) is 13.8 Å². The molecule has 0 saturated carbocycles. The Morgan fingerprint density at radius 1 is 1.19 bits per heavy atom. The minimum atomic E-state index is -0.537. The van der Waals surface area contributed by atoms with Gasteiger partial charge < -0.3 is 15.2 Å². The van der Waals surface area contributed by atoms with E-state index in [0.29, 0.717) is 24.8 Å². The minimum absolute atomic E-state index is 0.331. The summed E-state index contributed by atoms with van der Waals surface area (Å²) >= 11 is 0. The van der Waals surface area contributed by atoms with Crippen LogP contribution >= 0.6 is 0 Å². The average Bonchev–Trinajstić information content (AvgIpc) is 2.25. The lowest BCUT2D eigenvalue weighted by atomic mass is 9.95. The summed E-state index contributed by atoms with van der Waals surface area (Å²) < 4.78 is 5.70. The van der Waals surface area contributed by atoms with E-state index in [2.05, 4.69) is 19.2 Å². The van der Waals surface area contributed by atoms with Crippen molar-refractivity contribution in [1.29, 1.82) is 0 Å². The molecule has 0 aliphatic carbocycles. The van der Waals surface area contributed by atoms with Gasteiger partial charge in [0.2, 0.25) is 0 Å². The van der Waals surface area contributed by atoms with Crippen LogP contribution in [0.2, 0.25) is 0 Å². The molecule has 1 heterocycles. The fourth-order valence-electron chi connectivity index (χ4n) is 2.41. The maximum atomic E-state index is 10.2. The molecular weight excluding hydrogens is 202 g/mol. The van der Waals surface area contributed by atoms with Gasteiger partial charge >= 0.3 is 0 Å². The number of rotatable bonds is 5. The van der Waals surface area contributed by atoms with Crippen LogP contribution < -0.4 is 5.32 Å². The molecule has 0 amide bonds. The quantitative estimate of drug-likeness (QED) is 0.758. The van der Waals surface area contributed by atoms with Gasteiger partial charge in [-0.2, -0.15) is 0 Å². The van der Waals surface area contributed by atoms with Crippen LogP contribution in [0.15, 0.2) is 0 Å². The molecular formula is C13H27NO2. The van der Waals surface area contributed by atoms with Gasteiger partial charge in [0.15, 0.2) is 0 Å². The van der Waals surface area contributed by atoms with Crippen molar-refractivity contribution in [3.05, 3.63) is 0 Å². The summed E-state index contributed by atoms with van der Waals surface area (Å²) in [7, 11) is 0. The molecule has 1 aliphatic heterocycles. The van der Waals surface area contributed by atoms with Crippen LogP contribution in [0.5, 0.6) is 0 Å². The monoisotopic (exact) mass is 229 g/mol. The van der Waals surface area contributed by atoms with Crippen molar-refractivity contribution in [2.45, 2.75) is 77.2 Å². The third-order valence-corrected chi connectivity index (χ3v) is 3.73. The molecule has 1 saturated heterocycles. The average molecular weight is 229 g/mol. The van der Waals surface area contributed by atoms with Gasteiger partial charge in [0.1, 0.15) is 0 Å². The summed E-state index contributed by atoms with van der Waals surface area (Å²) in [6.45, 7) is 9.03. The fourth-order valence-corrected chi connectivity index (χ4v) is 2.41. The largest absolute Gasteiger partial charge is 0.389 e. The van der Waals surface area contributed by atoms with Crippen LogP contribution in [-0.2, 0) is 4.74 Å². The molecule has 2 atom stereocenters. The van der Waals surface area contributed by atoms with Crippen molar-refractivity contribution in [2.24, 2.45) is 0 Å². The van der Waals surface area contributed by atoms with E-state index in [-0.39, 0.29) is 0 Å². The Morgan fingerprint density at radius 3 is 2.12 bits per heavy atom. The normalized spacial score (nSPS) is 31.7. The molecule has 0 spiro atoms. The number of hydrogen-bond donors (Lipinski definition) is 2. The van der Waals surface area contributed by atoms with Crippen molar-refractivity contribution in [1.82, 2.24) is 5.32 Å². The predicted molar refractivity (Wildman–Crippen MR) is 66.6 cm³/mol. The van der Waals surface area contributed by atoms with Crippen molar-refractivity contribution >= 4 is 0 Å². The lowest BCUT2D eigenvalue weighted by Crippen LogP contribution is -2.48. The molecule has 2 N–H and O–H groups in total. The molecule has 16 heavy (non-hydrogen) atoms. The topological polar surface area (TPSA) is 41.5 Å². The van der Waals surface area contributed by atoms with E-state index in [1.54, 1.807) is 0 Å². The van der Waals surface area contributed by atoms with Crippen LogP contribution in [0.1, 0.15) is 53.4 Å². The Kier molecular flexibility index (Phi) is 5.22. The first-order valence-corrected chi connectivity index (χ1v) is 6.60. The SMILES string of the molecule is CCC(O)(CC)CNC1CC(C)OC(C)C1. The lowest BCUT2D eigenvalue weighted by molar-refractivity contribution is -0.0474. The van der Waals surface area contributed by atoms with Crippen molar-refractivity contribution in [2.75, 3.05) is 6.54 Å². The van der Waals surface area contributed by atoms with Crippen LogP contribution in [0, 0.1) is 0 Å². The predicted octanol–water partition coefficient (Wildman–Crippen LogP) is 2.08. The van der Waals surface area contributed by atoms with E-state index in [0.717, 1.165) is 25.7 Å². The molecule has 1 rings (SSSR count). The standard InChI is InChI=1S/C13H27NO2/c1-5-13(15,6-2)9-14-12-7-10(3)16-11(4)8-12/h10-12,14-15H,5-9H2,1-4H3. The highest BCUT2D eigenvalue weighted by molar-refractivity contribution is 4.84. The van der Waals surface area contributed by atoms with E-state index < -0.39 is 5.60 Å². The van der Waals surface area contributed by atoms with Crippen molar-refractivity contribution in [3.63, 3.8) is 0 Å². The first kappa shape index (κ1) is 13.9. The number of aliphatic hydroxyl groups is 1. The smallest absolute Gasteiger partial charge is 0.0766 e. The Morgan fingerprint density at radius 2 is 1.69 bits per heavy atom. The molecule has 3 nitrogen and oxygen atoms in total. The van der Waals surface area contributed by atoms with Gasteiger partial charge in [-0.3, -0.25) is 0 Å². The number of nitrogens with one attached hydrogen (secondary N) is 1. The van der Waals surface area contributed by atoms with E-state index in [9.17, 15) is 5.11 Å². The second kappa shape index (κ2) is 5.99. The van der Waals surface area contributed by atoms with Gasteiger partial charge in [0.25, 0.3) is 0 Å². The molecule has 0 aromatic rings. The summed E-state index contributed by atoms with van der Waals surface area (Å²) in [6, 6.07) is 0.489. The highest BCUT2D eigenvalue weighted by atomic mass is 16.5. The second-order valence-electron chi connectivity index (χ2n) is 5.24. The molecule has 1 aliphatic rings. The van der Waals surface area contributed by atoms with Crippen LogP contribution in [0.4, 0.5) is 0 Å². The maximum absolute atomic E-state index is 10.2. The third-order valence-electron chi connectivity index (χ3n) is 3.73. The number of ether oxygens (including phenoxy) is 1. The van der Waals surface area contributed by atoms with Crippen molar-refractivity contribution in [3.8, 4) is 0 Å². The molecule has 0 aromatic carbocycles. The van der Waals surface area contributed by atoms with Gasteiger partial charge in [0, 0.05) is 12.6 Å². The summed E-state index contributed by atoms with van der Waals surface area (Å²) in [5, 5.41) is 13.7. The van der Waals surface area contributed by atoms with Gasteiger partial charge in [-0.25, -0.2) is 0 Å². The maximum Gasteiger partial charge on any atom is 0.0766 e. The Balaban J connectivity index is 2.36. The van der Waals surface area contributed by atoms with E-state index in [1.807, 2.05) is 13.8 Å². The summed E-state index contributed by atoms with van der Waals surface area (Å²) in [4.78, 5) is 0. The van der Waals surface area contributed by atoms with E-state index in [4.69, 9.17) is 4.74 Å². The highest BCUT2D eigenvalue weighted by Crippen LogP contribution is 2.20. The lowest BCUT2D eigenvalue weighted by Gasteiger charge is -2.35. The Hall–Kier alpha value is -0.120. The van der Waals surface area contributed by atoms with E-state index in [1.165, 1.54) is 0 Å². The highest BCUT2D eigenvalue weighted by Gasteiger charge is 2.27. The molecule has 1 fully saturated rings. The van der Waals surface area contributed by atoms with Gasteiger partial charge in [-0.15, -0.1) is 0 Å². The van der Waals surface area contributed by atoms with Crippen LogP contribution in [0.25, 0.3) is 0 Å². The molecule has 3 heteroatoms. The molecule has 0 bridgehead atoms. The second-order valence-corrected chi connectivity index (χ2v) is 5.24. The third kappa shape index (κ3) is 4.04. The Labute approximate surface area is 99.6 Å². The summed E-state index contributed by atoms with van der Waals surface area (Å²) in [6.07, 6.45) is 4.38.